The molecule has 0 aliphatic rings. The van der Waals surface area contributed by atoms with E-state index in [0.717, 1.165) is 6.42 Å². The molecule has 0 saturated carbocycles. The summed E-state index contributed by atoms with van der Waals surface area (Å²) in [4.78, 5) is 0. The topological polar surface area (TPSA) is 26.0 Å². The first kappa shape index (κ1) is 13.8. The first-order valence-corrected chi connectivity index (χ1v) is 3.66. The Morgan fingerprint density at radius 2 is 1.75 bits per heavy atom. The second kappa shape index (κ2) is 10.2. The highest BCUT2D eigenvalue weighted by molar-refractivity contribution is 5.85. The number of allylic oxidation sites excluding steroid dienone is 1. The third kappa shape index (κ3) is 5.96. The van der Waals surface area contributed by atoms with Crippen LogP contribution in [0.25, 0.3) is 0 Å². The smallest absolute Gasteiger partial charge is 0.0100 e. The third-order valence-electron chi connectivity index (χ3n) is 1.22. The van der Waals surface area contributed by atoms with Crippen molar-refractivity contribution in [1.82, 2.24) is 0 Å². The van der Waals surface area contributed by atoms with E-state index in [1.54, 1.807) is 0 Å². The summed E-state index contributed by atoms with van der Waals surface area (Å²) >= 11 is 0. The van der Waals surface area contributed by atoms with Crippen LogP contribution in [0.4, 0.5) is 0 Å². The summed E-state index contributed by atoms with van der Waals surface area (Å²) < 4.78 is 0. The highest BCUT2D eigenvalue weighted by Crippen LogP contribution is 1.98. The van der Waals surface area contributed by atoms with Gasteiger partial charge in [-0.25, -0.2) is 0 Å². The predicted octanol–water partition coefficient (Wildman–Crippen LogP) is 2.41. The maximum Gasteiger partial charge on any atom is -0.0100 e. The van der Waals surface area contributed by atoms with Crippen molar-refractivity contribution >= 4 is 12.4 Å². The minimum Gasteiger partial charge on any atom is -0.333 e. The van der Waals surface area contributed by atoms with Crippen molar-refractivity contribution in [1.29, 1.82) is 0 Å². The van der Waals surface area contributed by atoms with Crippen LogP contribution in [0, 0.1) is 0 Å². The van der Waals surface area contributed by atoms with Gasteiger partial charge in [-0.05, 0) is 19.0 Å². The Morgan fingerprint density at radius 3 is 2.17 bits per heavy atom. The second-order valence-electron chi connectivity index (χ2n) is 1.98. The van der Waals surface area contributed by atoms with E-state index in [-0.39, 0.29) is 12.4 Å². The van der Waals surface area contributed by atoms with Gasteiger partial charge in [-0.1, -0.05) is 36.4 Å². The maximum absolute atomic E-state index is 4.50. The van der Waals surface area contributed by atoms with E-state index in [0.29, 0.717) is 0 Å². The van der Waals surface area contributed by atoms with E-state index >= 15 is 0 Å². The number of hydrogen-bond acceptors (Lipinski definition) is 1. The summed E-state index contributed by atoms with van der Waals surface area (Å²) in [7, 11) is 1.50. The number of hydrogen-bond donors (Lipinski definition) is 1. The van der Waals surface area contributed by atoms with E-state index in [4.69, 9.17) is 0 Å². The van der Waals surface area contributed by atoms with Crippen molar-refractivity contribution in [3.05, 3.63) is 48.6 Å². The van der Waals surface area contributed by atoms with Gasteiger partial charge in [0.15, 0.2) is 0 Å². The summed E-state index contributed by atoms with van der Waals surface area (Å²) in [5, 5.41) is 0. The molecule has 0 spiro atoms. The fourth-order valence-electron chi connectivity index (χ4n) is 0.781. The fraction of sp³-hybridized carbons (Fsp3) is 0.200. The molecule has 0 aliphatic carbocycles. The Labute approximate surface area is 80.7 Å². The molecule has 12 heavy (non-hydrogen) atoms. The predicted molar refractivity (Wildman–Crippen MR) is 57.7 cm³/mol. The van der Waals surface area contributed by atoms with Gasteiger partial charge in [0.1, 0.15) is 0 Å². The van der Waals surface area contributed by atoms with Gasteiger partial charge in [0.25, 0.3) is 0 Å². The van der Waals surface area contributed by atoms with Crippen molar-refractivity contribution in [2.75, 3.05) is 7.05 Å². The molecule has 0 radical (unpaired) electrons. The van der Waals surface area contributed by atoms with Crippen molar-refractivity contribution in [2.24, 2.45) is 5.73 Å². The molecule has 0 saturated heterocycles. The zero-order valence-corrected chi connectivity index (χ0v) is 8.18. The maximum atomic E-state index is 4.50. The lowest BCUT2D eigenvalue weighted by Gasteiger charge is -1.91. The summed E-state index contributed by atoms with van der Waals surface area (Å²) in [6.07, 6.45) is 2.89. The Kier molecular flexibility index (Phi) is 11.7. The lowest BCUT2D eigenvalue weighted by atomic mass is 10.2. The van der Waals surface area contributed by atoms with Crippen molar-refractivity contribution in [3.8, 4) is 0 Å². The molecule has 1 aromatic carbocycles. The van der Waals surface area contributed by atoms with Gasteiger partial charge in [0.05, 0.1) is 0 Å². The monoisotopic (exact) mass is 185 g/mol. The SMILES string of the molecule is C=CCc1ccccc1.CN.Cl. The molecule has 2 heteroatoms. The molecule has 0 atom stereocenters. The standard InChI is InChI=1S/C9H10.CH5N.ClH/c1-2-6-9-7-4-3-5-8-9;1-2;/h2-5,7-8H,1,6H2;2H2,1H3;1H. The number of halogens is 1. The van der Waals surface area contributed by atoms with E-state index in [1.807, 2.05) is 24.3 Å². The van der Waals surface area contributed by atoms with Crippen LogP contribution in [0.3, 0.4) is 0 Å². The molecule has 0 bridgehead atoms. The van der Waals surface area contributed by atoms with Crippen LogP contribution in [-0.4, -0.2) is 7.05 Å². The van der Waals surface area contributed by atoms with Crippen LogP contribution < -0.4 is 5.73 Å². The van der Waals surface area contributed by atoms with Gasteiger partial charge >= 0.3 is 0 Å². The first-order valence-electron chi connectivity index (χ1n) is 3.66. The van der Waals surface area contributed by atoms with Gasteiger partial charge in [-0.3, -0.25) is 0 Å². The van der Waals surface area contributed by atoms with Gasteiger partial charge in [0, 0.05) is 0 Å². The van der Waals surface area contributed by atoms with E-state index in [1.165, 1.54) is 12.6 Å². The minimum absolute atomic E-state index is 0. The van der Waals surface area contributed by atoms with Crippen LogP contribution in [-0.2, 0) is 6.42 Å². The average Bonchev–Trinajstić information content (AvgIpc) is 2.11. The van der Waals surface area contributed by atoms with Crippen LogP contribution >= 0.6 is 12.4 Å². The molecular weight excluding hydrogens is 170 g/mol. The summed E-state index contributed by atoms with van der Waals surface area (Å²) in [5.41, 5.74) is 5.83. The van der Waals surface area contributed by atoms with Crippen LogP contribution in [0.5, 0.6) is 0 Å². The molecule has 0 aromatic heterocycles. The third-order valence-corrected chi connectivity index (χ3v) is 1.22. The van der Waals surface area contributed by atoms with Crippen molar-refractivity contribution in [3.63, 3.8) is 0 Å². The number of nitrogens with two attached hydrogens (primary N) is 1. The highest BCUT2D eigenvalue weighted by atomic mass is 35.5. The lowest BCUT2D eigenvalue weighted by Crippen LogP contribution is -1.75. The van der Waals surface area contributed by atoms with Crippen molar-refractivity contribution < 1.29 is 0 Å². The van der Waals surface area contributed by atoms with E-state index in [9.17, 15) is 0 Å². The summed E-state index contributed by atoms with van der Waals surface area (Å²) in [5.74, 6) is 0. The molecule has 0 unspecified atom stereocenters. The quantitative estimate of drug-likeness (QED) is 0.704. The molecule has 1 nitrogen and oxygen atoms in total. The summed E-state index contributed by atoms with van der Waals surface area (Å²) in [6.45, 7) is 3.66. The van der Waals surface area contributed by atoms with Crippen LogP contribution in [0.15, 0.2) is 43.0 Å². The Bertz CT molecular complexity index is 184. The molecular formula is C10H16ClN. The van der Waals surface area contributed by atoms with E-state index in [2.05, 4.69) is 24.4 Å². The lowest BCUT2D eigenvalue weighted by molar-refractivity contribution is 1.28. The van der Waals surface area contributed by atoms with Crippen LogP contribution in [0.1, 0.15) is 5.56 Å². The molecule has 1 rings (SSSR count). The molecule has 1 aromatic rings. The Balaban J connectivity index is 0. The fourth-order valence-corrected chi connectivity index (χ4v) is 0.781. The summed E-state index contributed by atoms with van der Waals surface area (Å²) in [6, 6.07) is 10.3. The normalized spacial score (nSPS) is 7.17. The second-order valence-corrected chi connectivity index (χ2v) is 1.98. The molecule has 0 amide bonds. The number of rotatable bonds is 2. The number of benzene rings is 1. The zero-order chi connectivity index (χ0) is 8.53. The molecule has 0 fully saturated rings. The van der Waals surface area contributed by atoms with Crippen LogP contribution in [0.2, 0.25) is 0 Å². The largest absolute Gasteiger partial charge is 0.333 e. The zero-order valence-electron chi connectivity index (χ0n) is 7.36. The molecule has 68 valence electrons. The molecule has 0 heterocycles. The van der Waals surface area contributed by atoms with Crippen molar-refractivity contribution in [2.45, 2.75) is 6.42 Å². The van der Waals surface area contributed by atoms with Gasteiger partial charge in [0.2, 0.25) is 0 Å². The first-order chi connectivity index (χ1) is 5.43. The van der Waals surface area contributed by atoms with Gasteiger partial charge in [-0.2, -0.15) is 0 Å². The minimum atomic E-state index is 0. The Hall–Kier alpha value is -0.790. The Morgan fingerprint density at radius 1 is 1.25 bits per heavy atom. The van der Waals surface area contributed by atoms with E-state index < -0.39 is 0 Å². The molecule has 2 N–H and O–H groups in total. The average molecular weight is 186 g/mol. The van der Waals surface area contributed by atoms with Gasteiger partial charge in [-0.15, -0.1) is 19.0 Å². The van der Waals surface area contributed by atoms with Gasteiger partial charge < -0.3 is 5.73 Å². The molecule has 0 aliphatic heterocycles. The highest BCUT2D eigenvalue weighted by Gasteiger charge is 1.82.